The molecule has 1 fully saturated rings. The van der Waals surface area contributed by atoms with E-state index in [1.54, 1.807) is 38.4 Å². The average molecular weight is 432 g/mol. The Labute approximate surface area is 174 Å². The zero-order chi connectivity index (χ0) is 20.9. The van der Waals surface area contributed by atoms with E-state index in [4.69, 9.17) is 11.6 Å². The Hall–Kier alpha value is -2.84. The van der Waals surface area contributed by atoms with E-state index in [0.717, 1.165) is 22.2 Å². The number of halogens is 2. The first kappa shape index (κ1) is 19.5. The molecule has 2 amide bonds. The van der Waals surface area contributed by atoms with Gasteiger partial charge in [0.2, 0.25) is 0 Å². The number of aryl methyl sites for hydroxylation is 2. The Balaban J connectivity index is 1.66. The van der Waals surface area contributed by atoms with Crippen LogP contribution < -0.4 is 5.69 Å². The smallest absolute Gasteiger partial charge is 0.295 e. The second kappa shape index (κ2) is 7.20. The van der Waals surface area contributed by atoms with Crippen LogP contribution >= 0.6 is 23.4 Å². The Morgan fingerprint density at radius 1 is 1.07 bits per heavy atom. The van der Waals surface area contributed by atoms with Crippen molar-refractivity contribution in [3.8, 4) is 0 Å². The molecule has 9 heteroatoms. The van der Waals surface area contributed by atoms with Gasteiger partial charge in [-0.15, -0.1) is 0 Å². The van der Waals surface area contributed by atoms with E-state index in [1.807, 2.05) is 0 Å². The highest BCUT2D eigenvalue weighted by Gasteiger charge is 2.35. The lowest BCUT2D eigenvalue weighted by Gasteiger charge is -2.14. The van der Waals surface area contributed by atoms with Crippen LogP contribution in [0, 0.1) is 5.82 Å². The molecule has 0 atom stereocenters. The van der Waals surface area contributed by atoms with Crippen molar-refractivity contribution in [3.05, 3.63) is 73.8 Å². The summed E-state index contributed by atoms with van der Waals surface area (Å²) in [5.74, 6) is -1.09. The van der Waals surface area contributed by atoms with Crippen LogP contribution in [0.3, 0.4) is 0 Å². The Morgan fingerprint density at radius 3 is 2.52 bits per heavy atom. The van der Waals surface area contributed by atoms with Gasteiger partial charge in [-0.05, 0) is 47.7 Å². The van der Waals surface area contributed by atoms with Crippen LogP contribution in [-0.4, -0.2) is 25.2 Å². The molecule has 148 valence electrons. The fourth-order valence-corrected chi connectivity index (χ4v) is 4.30. The van der Waals surface area contributed by atoms with Crippen LogP contribution in [0.25, 0.3) is 17.1 Å². The number of carbonyl (C=O) groups excluding carboxylic acids is 2. The molecule has 0 aliphatic carbocycles. The lowest BCUT2D eigenvalue weighted by atomic mass is 10.1. The first-order chi connectivity index (χ1) is 13.8. The van der Waals surface area contributed by atoms with E-state index in [2.05, 4.69) is 0 Å². The summed E-state index contributed by atoms with van der Waals surface area (Å²) in [4.78, 5) is 38.3. The summed E-state index contributed by atoms with van der Waals surface area (Å²) in [5.41, 5.74) is 2.09. The Bertz CT molecular complexity index is 1260. The summed E-state index contributed by atoms with van der Waals surface area (Å²) in [5, 5.41) is -0.336. The Morgan fingerprint density at radius 2 is 1.79 bits per heavy atom. The van der Waals surface area contributed by atoms with Gasteiger partial charge in [-0.1, -0.05) is 23.7 Å². The molecule has 1 aliphatic heterocycles. The van der Waals surface area contributed by atoms with Gasteiger partial charge in [0.1, 0.15) is 5.82 Å². The van der Waals surface area contributed by atoms with Crippen molar-refractivity contribution in [2.45, 2.75) is 6.54 Å². The van der Waals surface area contributed by atoms with E-state index >= 15 is 0 Å². The number of imide groups is 1. The lowest BCUT2D eigenvalue weighted by molar-refractivity contribution is -0.123. The third kappa shape index (κ3) is 3.28. The number of hydrogen-bond donors (Lipinski definition) is 0. The number of nitrogens with zero attached hydrogens (tertiary/aromatic N) is 3. The number of benzene rings is 2. The van der Waals surface area contributed by atoms with E-state index in [0.29, 0.717) is 11.1 Å². The number of carbonyl (C=O) groups is 2. The largest absolute Gasteiger partial charge is 0.328 e. The van der Waals surface area contributed by atoms with Crippen molar-refractivity contribution in [3.63, 3.8) is 0 Å². The number of thioether (sulfide) groups is 1. The normalized spacial score (nSPS) is 15.9. The molecule has 0 saturated carbocycles. The van der Waals surface area contributed by atoms with Crippen LogP contribution in [0.5, 0.6) is 0 Å². The highest BCUT2D eigenvalue weighted by atomic mass is 35.5. The van der Waals surface area contributed by atoms with Crippen LogP contribution in [-0.2, 0) is 25.4 Å². The molecule has 0 unspecified atom stereocenters. The van der Waals surface area contributed by atoms with Gasteiger partial charge in [-0.2, -0.15) is 0 Å². The molecule has 0 N–H and O–H groups in total. The topological polar surface area (TPSA) is 64.3 Å². The number of aromatic nitrogens is 2. The minimum atomic E-state index is -0.573. The molecule has 1 aromatic heterocycles. The van der Waals surface area contributed by atoms with E-state index in [9.17, 15) is 18.8 Å². The highest BCUT2D eigenvalue weighted by molar-refractivity contribution is 8.18. The number of fused-ring (bicyclic) bond motifs is 1. The first-order valence-corrected chi connectivity index (χ1v) is 9.81. The van der Waals surface area contributed by atoms with Crippen LogP contribution in [0.15, 0.2) is 46.1 Å². The second-order valence-electron chi connectivity index (χ2n) is 6.62. The van der Waals surface area contributed by atoms with Gasteiger partial charge in [0, 0.05) is 24.7 Å². The predicted molar refractivity (Wildman–Crippen MR) is 111 cm³/mol. The number of rotatable bonds is 3. The maximum absolute atomic E-state index is 14.0. The third-order valence-electron chi connectivity index (χ3n) is 4.85. The van der Waals surface area contributed by atoms with Crippen LogP contribution in [0.2, 0.25) is 5.02 Å². The molecule has 1 aliphatic rings. The SMILES string of the molecule is Cn1c(=O)n(C)c2cc(/C=C3\SC(=O)N(Cc4c(F)cccc4Cl)C3=O)ccc21. The quantitative estimate of drug-likeness (QED) is 0.590. The number of amides is 2. The van der Waals surface area contributed by atoms with Crippen molar-refractivity contribution in [2.24, 2.45) is 14.1 Å². The standard InChI is InChI=1S/C20H15ClFN3O3S/c1-23-15-7-6-11(8-16(15)24(2)19(23)27)9-17-18(26)25(20(28)29-17)10-12-13(21)4-3-5-14(12)22/h3-9H,10H2,1-2H3/b17-9-. The lowest BCUT2D eigenvalue weighted by Crippen LogP contribution is -2.28. The first-order valence-electron chi connectivity index (χ1n) is 8.61. The fourth-order valence-electron chi connectivity index (χ4n) is 3.24. The zero-order valence-electron chi connectivity index (χ0n) is 15.5. The third-order valence-corrected chi connectivity index (χ3v) is 6.11. The maximum Gasteiger partial charge on any atom is 0.328 e. The summed E-state index contributed by atoms with van der Waals surface area (Å²) >= 11 is 6.80. The molecule has 0 bridgehead atoms. The van der Waals surface area contributed by atoms with E-state index in [1.165, 1.54) is 27.3 Å². The molecule has 0 radical (unpaired) electrons. The van der Waals surface area contributed by atoms with Gasteiger partial charge in [-0.25, -0.2) is 9.18 Å². The fraction of sp³-hybridized carbons (Fsp3) is 0.150. The van der Waals surface area contributed by atoms with E-state index < -0.39 is 17.0 Å². The van der Waals surface area contributed by atoms with Crippen molar-refractivity contribution < 1.29 is 14.0 Å². The Kier molecular flexibility index (Phi) is 4.84. The number of imidazole rings is 1. The van der Waals surface area contributed by atoms with Gasteiger partial charge in [-0.3, -0.25) is 23.6 Å². The molecule has 2 aromatic carbocycles. The molecule has 29 heavy (non-hydrogen) atoms. The molecule has 1 saturated heterocycles. The van der Waals surface area contributed by atoms with Gasteiger partial charge in [0.25, 0.3) is 11.1 Å². The predicted octanol–water partition coefficient (Wildman–Crippen LogP) is 3.91. The molecular weight excluding hydrogens is 417 g/mol. The van der Waals surface area contributed by atoms with Gasteiger partial charge >= 0.3 is 5.69 Å². The van der Waals surface area contributed by atoms with Crippen molar-refractivity contribution in [1.82, 2.24) is 14.0 Å². The average Bonchev–Trinajstić information content (AvgIpc) is 3.07. The van der Waals surface area contributed by atoms with Gasteiger partial charge in [0.05, 0.1) is 22.5 Å². The van der Waals surface area contributed by atoms with Crippen LogP contribution in [0.1, 0.15) is 11.1 Å². The highest BCUT2D eigenvalue weighted by Crippen LogP contribution is 2.34. The van der Waals surface area contributed by atoms with Crippen molar-refractivity contribution >= 4 is 51.6 Å². The van der Waals surface area contributed by atoms with Gasteiger partial charge < -0.3 is 0 Å². The molecular formula is C20H15ClFN3O3S. The molecule has 2 heterocycles. The molecule has 0 spiro atoms. The van der Waals surface area contributed by atoms with Crippen molar-refractivity contribution in [1.29, 1.82) is 0 Å². The van der Waals surface area contributed by atoms with Crippen molar-refractivity contribution in [2.75, 3.05) is 0 Å². The summed E-state index contributed by atoms with van der Waals surface area (Å²) < 4.78 is 17.1. The summed E-state index contributed by atoms with van der Waals surface area (Å²) in [6.45, 7) is -0.236. The van der Waals surface area contributed by atoms with Crippen LogP contribution in [0.4, 0.5) is 9.18 Å². The minimum Gasteiger partial charge on any atom is -0.295 e. The van der Waals surface area contributed by atoms with E-state index in [-0.39, 0.29) is 27.7 Å². The molecule has 4 rings (SSSR count). The minimum absolute atomic E-state index is 0.0958. The number of hydrogen-bond acceptors (Lipinski definition) is 4. The second-order valence-corrected chi connectivity index (χ2v) is 8.02. The zero-order valence-corrected chi connectivity index (χ0v) is 17.1. The summed E-state index contributed by atoms with van der Waals surface area (Å²) in [6, 6.07) is 9.53. The van der Waals surface area contributed by atoms with Gasteiger partial charge in [0.15, 0.2) is 0 Å². The summed E-state index contributed by atoms with van der Waals surface area (Å²) in [7, 11) is 3.35. The maximum atomic E-state index is 14.0. The summed E-state index contributed by atoms with van der Waals surface area (Å²) in [6.07, 6.45) is 1.59. The monoisotopic (exact) mass is 431 g/mol. The molecule has 6 nitrogen and oxygen atoms in total. The molecule has 3 aromatic rings.